The quantitative estimate of drug-likeness (QED) is 0.142. The van der Waals surface area contributed by atoms with E-state index in [9.17, 15) is 24.0 Å². The van der Waals surface area contributed by atoms with Gasteiger partial charge >= 0.3 is 6.09 Å². The molecule has 5 amide bonds. The van der Waals surface area contributed by atoms with Gasteiger partial charge in [-0.15, -0.1) is 0 Å². The number of likely N-dealkylation sites (tertiary alicyclic amines) is 1. The zero-order chi connectivity index (χ0) is 39.9. The van der Waals surface area contributed by atoms with Crippen LogP contribution >= 0.6 is 0 Å². The highest BCUT2D eigenvalue weighted by Gasteiger charge is 2.49. The fourth-order valence-corrected chi connectivity index (χ4v) is 7.93. The molecular weight excluding hydrogens is 720 g/mol. The summed E-state index contributed by atoms with van der Waals surface area (Å²) in [6.45, 7) is 8.19. The molecule has 0 radical (unpaired) electrons. The predicted molar refractivity (Wildman–Crippen MR) is 207 cm³/mol. The maximum absolute atomic E-state index is 13.2. The molecule has 4 N–H and O–H groups in total. The zero-order valence-corrected chi connectivity index (χ0v) is 33.6. The minimum absolute atomic E-state index is 0.0154. The standard InChI is InChI=1S/C41H64N6O9/c1-41(2,3)56-40(52)45-20-24-53-23-19-43-38(50)28-8-10-30(11-9-28)46-35(48)7-5-22-54-32-14-16-33(17-15-32)55-25-21-44-39(51)34-26-36(49)47(31-12-13-31)37(34)29-6-4-18-42-27-29/h4,6,18,27-28,30-34,37H,5,7-17,19-26H2,1-3H3,(H,43,50)(H,44,51)(H,45,52)(H,46,48)/t28?,30?,32?,33?,34-,37+/m0/s1. The lowest BCUT2D eigenvalue weighted by atomic mass is 9.85. The van der Waals surface area contributed by atoms with Gasteiger partial charge in [0.15, 0.2) is 0 Å². The summed E-state index contributed by atoms with van der Waals surface area (Å²) in [5, 5.41) is 11.7. The number of hydrogen-bond donors (Lipinski definition) is 4. The SMILES string of the molecule is CC(C)(C)OC(=O)NCCOCCNC(=O)C1CCC(NC(=O)CCCOC2CCC(OCCNC(=O)[C@H]3CC(=O)N(C4CC4)[C@@H]3c3cccnc3)CC2)CC1. The van der Waals surface area contributed by atoms with Crippen LogP contribution in [0.5, 0.6) is 0 Å². The maximum atomic E-state index is 13.2. The average molecular weight is 785 g/mol. The van der Waals surface area contributed by atoms with Crippen LogP contribution in [-0.2, 0) is 38.1 Å². The van der Waals surface area contributed by atoms with E-state index in [2.05, 4.69) is 26.3 Å². The van der Waals surface area contributed by atoms with Gasteiger partial charge < -0.3 is 45.1 Å². The Morgan fingerprint density at radius 2 is 1.45 bits per heavy atom. The third-order valence-electron chi connectivity index (χ3n) is 10.9. The third kappa shape index (κ3) is 14.3. The van der Waals surface area contributed by atoms with Crippen LogP contribution in [0.15, 0.2) is 24.5 Å². The molecule has 1 aliphatic heterocycles. The fourth-order valence-electron chi connectivity index (χ4n) is 7.93. The Balaban J connectivity index is 0.841. The topological polar surface area (TPSA) is 187 Å². The van der Waals surface area contributed by atoms with Gasteiger partial charge in [0.1, 0.15) is 5.60 Å². The smallest absolute Gasteiger partial charge is 0.407 e. The third-order valence-corrected chi connectivity index (χ3v) is 10.9. The van der Waals surface area contributed by atoms with Crippen LogP contribution in [0.1, 0.15) is 116 Å². The van der Waals surface area contributed by atoms with Crippen molar-refractivity contribution in [3.05, 3.63) is 30.1 Å². The second-order valence-corrected chi connectivity index (χ2v) is 16.6. The van der Waals surface area contributed by atoms with Crippen molar-refractivity contribution in [2.24, 2.45) is 11.8 Å². The number of hydrogen-bond acceptors (Lipinski definition) is 10. The van der Waals surface area contributed by atoms with Gasteiger partial charge in [-0.2, -0.15) is 0 Å². The second kappa shape index (κ2) is 21.6. The largest absolute Gasteiger partial charge is 0.444 e. The molecule has 3 saturated carbocycles. The van der Waals surface area contributed by atoms with Gasteiger partial charge in [-0.25, -0.2) is 4.79 Å². The van der Waals surface area contributed by atoms with Crippen LogP contribution < -0.4 is 21.3 Å². The number of nitrogens with zero attached hydrogens (tertiary/aromatic N) is 2. The Morgan fingerprint density at radius 1 is 0.804 bits per heavy atom. The lowest BCUT2D eigenvalue weighted by molar-refractivity contribution is -0.130. The molecule has 15 nitrogen and oxygen atoms in total. The molecule has 1 saturated heterocycles. The number of rotatable bonds is 20. The number of alkyl carbamates (subject to hydrolysis) is 1. The lowest BCUT2D eigenvalue weighted by Crippen LogP contribution is -2.41. The number of carbonyl (C=O) groups excluding carboxylic acids is 5. The first-order valence-corrected chi connectivity index (χ1v) is 20.8. The van der Waals surface area contributed by atoms with Crippen LogP contribution in [-0.4, -0.2) is 116 Å². The number of ether oxygens (including phenoxy) is 4. The van der Waals surface area contributed by atoms with E-state index in [0.717, 1.165) is 69.8 Å². The van der Waals surface area contributed by atoms with Crippen LogP contribution in [0.25, 0.3) is 0 Å². The van der Waals surface area contributed by atoms with E-state index in [1.165, 1.54) is 0 Å². The van der Waals surface area contributed by atoms with E-state index >= 15 is 0 Å². The molecule has 1 aromatic rings. The number of amides is 5. The summed E-state index contributed by atoms with van der Waals surface area (Å²) >= 11 is 0. The minimum Gasteiger partial charge on any atom is -0.444 e. The monoisotopic (exact) mass is 784 g/mol. The summed E-state index contributed by atoms with van der Waals surface area (Å²) in [5.41, 5.74) is 0.361. The van der Waals surface area contributed by atoms with Crippen LogP contribution in [0.3, 0.4) is 0 Å². The normalized spacial score (nSPS) is 25.3. The molecule has 1 aromatic heterocycles. The maximum Gasteiger partial charge on any atom is 0.407 e. The van der Waals surface area contributed by atoms with E-state index in [0.29, 0.717) is 58.9 Å². The van der Waals surface area contributed by atoms with Crippen molar-refractivity contribution in [1.82, 2.24) is 31.2 Å². The number of carbonyl (C=O) groups is 5. The molecule has 0 spiro atoms. The Morgan fingerprint density at radius 3 is 2.09 bits per heavy atom. The van der Waals surface area contributed by atoms with E-state index < -0.39 is 17.6 Å². The number of nitrogens with one attached hydrogen (secondary N) is 4. The molecule has 3 aliphatic carbocycles. The Labute approximate surface area is 331 Å². The predicted octanol–water partition coefficient (Wildman–Crippen LogP) is 3.71. The van der Waals surface area contributed by atoms with Crippen molar-refractivity contribution in [3.63, 3.8) is 0 Å². The lowest BCUT2D eigenvalue weighted by Gasteiger charge is -2.29. The Kier molecular flexibility index (Phi) is 16.7. The molecule has 4 fully saturated rings. The van der Waals surface area contributed by atoms with Crippen molar-refractivity contribution in [3.8, 4) is 0 Å². The van der Waals surface area contributed by atoms with E-state index in [1.807, 2.05) is 17.0 Å². The van der Waals surface area contributed by atoms with Gasteiger partial charge in [0.2, 0.25) is 23.6 Å². The minimum atomic E-state index is -0.548. The highest BCUT2D eigenvalue weighted by atomic mass is 16.6. The van der Waals surface area contributed by atoms with Crippen molar-refractivity contribution >= 4 is 29.7 Å². The van der Waals surface area contributed by atoms with Gasteiger partial charge in [-0.05, 0) is 103 Å². The highest BCUT2D eigenvalue weighted by molar-refractivity contribution is 5.90. The number of aromatic nitrogens is 1. The molecule has 4 aliphatic rings. The zero-order valence-electron chi connectivity index (χ0n) is 33.6. The highest BCUT2D eigenvalue weighted by Crippen LogP contribution is 2.44. The average Bonchev–Trinajstić information content (AvgIpc) is 3.95. The van der Waals surface area contributed by atoms with Crippen molar-refractivity contribution < 1.29 is 42.9 Å². The fraction of sp³-hybridized carbons (Fsp3) is 0.756. The molecule has 56 heavy (non-hydrogen) atoms. The first kappa shape index (κ1) is 43.3. The van der Waals surface area contributed by atoms with E-state index in [-0.39, 0.29) is 66.3 Å². The van der Waals surface area contributed by atoms with E-state index in [1.54, 1.807) is 33.2 Å². The molecular formula is C41H64N6O9. The molecule has 0 aromatic carbocycles. The van der Waals surface area contributed by atoms with Gasteiger partial charge in [0.05, 0.1) is 44.0 Å². The van der Waals surface area contributed by atoms with Crippen LogP contribution in [0, 0.1) is 11.8 Å². The molecule has 312 valence electrons. The van der Waals surface area contributed by atoms with Gasteiger partial charge in [-0.1, -0.05) is 6.07 Å². The molecule has 0 bridgehead atoms. The van der Waals surface area contributed by atoms with Gasteiger partial charge in [-0.3, -0.25) is 24.2 Å². The molecule has 5 rings (SSSR count). The van der Waals surface area contributed by atoms with Gasteiger partial charge in [0, 0.05) is 69.5 Å². The van der Waals surface area contributed by atoms with Gasteiger partial charge in [0.25, 0.3) is 0 Å². The molecule has 2 heterocycles. The summed E-state index contributed by atoms with van der Waals surface area (Å²) in [4.78, 5) is 69.0. The van der Waals surface area contributed by atoms with Crippen LogP contribution in [0.4, 0.5) is 4.79 Å². The molecule has 15 heteroatoms. The second-order valence-electron chi connectivity index (χ2n) is 16.6. The molecule has 0 unspecified atom stereocenters. The molecule has 2 atom stereocenters. The first-order chi connectivity index (χ1) is 27.0. The van der Waals surface area contributed by atoms with Crippen molar-refractivity contribution in [1.29, 1.82) is 0 Å². The van der Waals surface area contributed by atoms with E-state index in [4.69, 9.17) is 18.9 Å². The summed E-state index contributed by atoms with van der Waals surface area (Å²) < 4.78 is 22.8. The number of pyridine rings is 1. The van der Waals surface area contributed by atoms with Crippen molar-refractivity contribution in [2.45, 2.75) is 140 Å². The summed E-state index contributed by atoms with van der Waals surface area (Å²) in [5.74, 6) is -0.522. The summed E-state index contributed by atoms with van der Waals surface area (Å²) in [6.07, 6.45) is 13.1. The summed E-state index contributed by atoms with van der Waals surface area (Å²) in [6, 6.07) is 3.85. The van der Waals surface area contributed by atoms with Crippen molar-refractivity contribution in [2.75, 3.05) is 46.1 Å². The Bertz CT molecular complexity index is 1420. The summed E-state index contributed by atoms with van der Waals surface area (Å²) in [7, 11) is 0. The first-order valence-electron chi connectivity index (χ1n) is 20.8. The van der Waals surface area contributed by atoms with Crippen LogP contribution in [0.2, 0.25) is 0 Å². The Hall–Kier alpha value is -3.82.